The summed E-state index contributed by atoms with van der Waals surface area (Å²) in [5.41, 5.74) is 2.76. The highest BCUT2D eigenvalue weighted by molar-refractivity contribution is 6.30. The summed E-state index contributed by atoms with van der Waals surface area (Å²) in [5.74, 6) is 0.133. The van der Waals surface area contributed by atoms with Crippen LogP contribution < -0.4 is 20.5 Å². The number of alkyl halides is 1. The van der Waals surface area contributed by atoms with Crippen molar-refractivity contribution in [2.24, 2.45) is 0 Å². The number of nitrogens with zero attached hydrogens (tertiary/aromatic N) is 3. The smallest absolute Gasteiger partial charge is 0.316 e. The molecule has 1 fully saturated rings. The van der Waals surface area contributed by atoms with Crippen LogP contribution in [0.5, 0.6) is 5.75 Å². The SMILES string of the molecule is O=c1c(OC2Cc3ccccc3CC2F)c(N2CCNCC2)cnn1-c1cccc(Cl)c1. The number of ether oxygens (including phenoxy) is 1. The molecule has 1 N–H and O–H groups in total. The van der Waals surface area contributed by atoms with Crippen molar-refractivity contribution >= 4 is 17.3 Å². The standard InChI is InChI=1S/C24H24ClFN4O2/c25-18-6-3-7-19(14-18)30-24(31)23(21(15-28-30)29-10-8-27-9-11-29)32-22-13-17-5-2-1-4-16(17)12-20(22)26/h1-7,14-15,20,22,27H,8-13H2. The van der Waals surface area contributed by atoms with Gasteiger partial charge in [-0.3, -0.25) is 4.79 Å². The molecule has 2 aliphatic rings. The molecular weight excluding hydrogens is 431 g/mol. The summed E-state index contributed by atoms with van der Waals surface area (Å²) < 4.78 is 22.6. The quantitative estimate of drug-likeness (QED) is 0.656. The molecule has 3 aromatic rings. The number of nitrogens with one attached hydrogen (secondary N) is 1. The highest BCUT2D eigenvalue weighted by atomic mass is 35.5. The van der Waals surface area contributed by atoms with E-state index in [0.29, 0.717) is 35.9 Å². The number of benzene rings is 2. The fourth-order valence-corrected chi connectivity index (χ4v) is 4.56. The average Bonchev–Trinajstić information content (AvgIpc) is 2.81. The van der Waals surface area contributed by atoms with Gasteiger partial charge in [-0.05, 0) is 29.3 Å². The van der Waals surface area contributed by atoms with Gasteiger partial charge in [0.2, 0.25) is 5.75 Å². The monoisotopic (exact) mass is 454 g/mol. The number of hydrogen-bond acceptors (Lipinski definition) is 5. The lowest BCUT2D eigenvalue weighted by atomic mass is 9.88. The van der Waals surface area contributed by atoms with E-state index in [0.717, 1.165) is 24.2 Å². The third kappa shape index (κ3) is 4.10. The van der Waals surface area contributed by atoms with Crippen LogP contribution in [0.2, 0.25) is 5.02 Å². The van der Waals surface area contributed by atoms with Gasteiger partial charge in [-0.2, -0.15) is 9.78 Å². The van der Waals surface area contributed by atoms with Gasteiger partial charge in [0.05, 0.1) is 11.9 Å². The van der Waals surface area contributed by atoms with Gasteiger partial charge in [0.1, 0.15) is 18.0 Å². The second kappa shape index (κ2) is 8.92. The third-order valence-corrected chi connectivity index (χ3v) is 6.29. The Bertz CT molecular complexity index is 1180. The van der Waals surface area contributed by atoms with Gasteiger partial charge in [0, 0.05) is 44.0 Å². The summed E-state index contributed by atoms with van der Waals surface area (Å²) >= 11 is 6.12. The molecule has 0 spiro atoms. The lowest BCUT2D eigenvalue weighted by Gasteiger charge is -2.33. The van der Waals surface area contributed by atoms with Crippen molar-refractivity contribution in [3.05, 3.63) is 81.2 Å². The predicted molar refractivity (Wildman–Crippen MR) is 123 cm³/mol. The lowest BCUT2D eigenvalue weighted by molar-refractivity contribution is 0.0902. The molecule has 1 saturated heterocycles. The molecule has 0 amide bonds. The van der Waals surface area contributed by atoms with Crippen LogP contribution in [0.4, 0.5) is 10.1 Å². The second-order valence-electron chi connectivity index (χ2n) is 8.14. The fourth-order valence-electron chi connectivity index (χ4n) is 4.37. The van der Waals surface area contributed by atoms with Gasteiger partial charge in [0.25, 0.3) is 0 Å². The molecular formula is C24H24ClFN4O2. The van der Waals surface area contributed by atoms with Crippen molar-refractivity contribution in [3.63, 3.8) is 0 Å². The van der Waals surface area contributed by atoms with Crippen LogP contribution >= 0.6 is 11.6 Å². The van der Waals surface area contributed by atoms with Crippen molar-refractivity contribution < 1.29 is 9.13 Å². The second-order valence-corrected chi connectivity index (χ2v) is 8.58. The van der Waals surface area contributed by atoms with Crippen LogP contribution in [-0.2, 0) is 12.8 Å². The maximum atomic E-state index is 15.1. The lowest BCUT2D eigenvalue weighted by Crippen LogP contribution is -2.45. The number of rotatable bonds is 4. The maximum Gasteiger partial charge on any atom is 0.316 e. The van der Waals surface area contributed by atoms with Gasteiger partial charge in [-0.1, -0.05) is 41.9 Å². The summed E-state index contributed by atoms with van der Waals surface area (Å²) in [6.45, 7) is 3.01. The molecule has 1 aliphatic heterocycles. The largest absolute Gasteiger partial charge is 0.479 e. The first-order valence-electron chi connectivity index (χ1n) is 10.8. The average molecular weight is 455 g/mol. The van der Waals surface area contributed by atoms with Gasteiger partial charge in [-0.15, -0.1) is 0 Å². The Morgan fingerprint density at radius 2 is 1.81 bits per heavy atom. The molecule has 5 rings (SSSR count). The van der Waals surface area contributed by atoms with Crippen LogP contribution in [0.25, 0.3) is 5.69 Å². The van der Waals surface area contributed by atoms with E-state index in [1.807, 2.05) is 24.3 Å². The molecule has 2 atom stereocenters. The summed E-state index contributed by atoms with van der Waals surface area (Å²) in [5, 5.41) is 8.18. The number of fused-ring (bicyclic) bond motifs is 1. The molecule has 2 heterocycles. The minimum atomic E-state index is -1.20. The molecule has 32 heavy (non-hydrogen) atoms. The van der Waals surface area contributed by atoms with Crippen LogP contribution in [-0.4, -0.2) is 48.2 Å². The number of aromatic nitrogens is 2. The molecule has 6 nitrogen and oxygen atoms in total. The molecule has 0 radical (unpaired) electrons. The number of anilines is 1. The Balaban J connectivity index is 1.55. The first-order chi connectivity index (χ1) is 15.6. The maximum absolute atomic E-state index is 15.1. The van der Waals surface area contributed by atoms with Crippen LogP contribution in [0.3, 0.4) is 0 Å². The Morgan fingerprint density at radius 3 is 2.56 bits per heavy atom. The van der Waals surface area contributed by atoms with Crippen molar-refractivity contribution in [2.45, 2.75) is 25.1 Å². The molecule has 2 unspecified atom stereocenters. The van der Waals surface area contributed by atoms with Crippen molar-refractivity contribution in [1.29, 1.82) is 0 Å². The zero-order valence-electron chi connectivity index (χ0n) is 17.5. The Kier molecular flexibility index (Phi) is 5.85. The Hall–Kier alpha value is -2.90. The molecule has 0 saturated carbocycles. The Labute approximate surface area is 190 Å². The van der Waals surface area contributed by atoms with E-state index in [-0.39, 0.29) is 12.2 Å². The van der Waals surface area contributed by atoms with E-state index in [1.54, 1.807) is 30.5 Å². The van der Waals surface area contributed by atoms with E-state index in [4.69, 9.17) is 16.3 Å². The topological polar surface area (TPSA) is 59.4 Å². The molecule has 1 aliphatic carbocycles. The van der Waals surface area contributed by atoms with Crippen molar-refractivity contribution in [1.82, 2.24) is 15.1 Å². The van der Waals surface area contributed by atoms with Crippen molar-refractivity contribution in [2.75, 3.05) is 31.1 Å². The van der Waals surface area contributed by atoms with Crippen LogP contribution in [0.1, 0.15) is 11.1 Å². The molecule has 8 heteroatoms. The minimum absolute atomic E-state index is 0.133. The Morgan fingerprint density at radius 1 is 1.06 bits per heavy atom. The predicted octanol–water partition coefficient (Wildman–Crippen LogP) is 3.18. The van der Waals surface area contributed by atoms with Gasteiger partial charge in [0.15, 0.2) is 0 Å². The van der Waals surface area contributed by atoms with E-state index in [2.05, 4.69) is 15.3 Å². The number of halogens is 2. The molecule has 2 aromatic carbocycles. The van der Waals surface area contributed by atoms with E-state index in [9.17, 15) is 4.79 Å². The normalized spacial score (nSPS) is 20.6. The van der Waals surface area contributed by atoms with Crippen molar-refractivity contribution in [3.8, 4) is 11.4 Å². The summed E-state index contributed by atoms with van der Waals surface area (Å²) in [7, 11) is 0. The summed E-state index contributed by atoms with van der Waals surface area (Å²) in [6, 6.07) is 14.7. The third-order valence-electron chi connectivity index (χ3n) is 6.05. The van der Waals surface area contributed by atoms with E-state index >= 15 is 4.39 Å². The highest BCUT2D eigenvalue weighted by Gasteiger charge is 2.32. The van der Waals surface area contributed by atoms with Gasteiger partial charge < -0.3 is 15.0 Å². The zero-order valence-corrected chi connectivity index (χ0v) is 18.3. The summed E-state index contributed by atoms with van der Waals surface area (Å²) in [6.07, 6.45) is 0.379. The van der Waals surface area contributed by atoms with Gasteiger partial charge in [-0.25, -0.2) is 4.39 Å². The molecule has 1 aromatic heterocycles. The minimum Gasteiger partial charge on any atom is -0.479 e. The summed E-state index contributed by atoms with van der Waals surface area (Å²) in [4.78, 5) is 15.6. The van der Waals surface area contributed by atoms with Crippen LogP contribution in [0.15, 0.2) is 59.5 Å². The number of hydrogen-bond donors (Lipinski definition) is 1. The highest BCUT2D eigenvalue weighted by Crippen LogP contribution is 2.31. The number of piperazine rings is 1. The molecule has 166 valence electrons. The van der Waals surface area contributed by atoms with E-state index < -0.39 is 17.8 Å². The van der Waals surface area contributed by atoms with Crippen LogP contribution in [0, 0.1) is 0 Å². The van der Waals surface area contributed by atoms with E-state index in [1.165, 1.54) is 4.68 Å². The molecule has 0 bridgehead atoms. The van der Waals surface area contributed by atoms with Gasteiger partial charge >= 0.3 is 5.56 Å². The first kappa shape index (κ1) is 21.0. The zero-order chi connectivity index (χ0) is 22.1. The first-order valence-corrected chi connectivity index (χ1v) is 11.2. The fraction of sp³-hybridized carbons (Fsp3) is 0.333.